The molecule has 20 heavy (non-hydrogen) atoms. The molecule has 2 fully saturated rings. The first-order chi connectivity index (χ1) is 9.81. The molecule has 3 heteroatoms. The van der Waals surface area contributed by atoms with E-state index in [1.165, 1.54) is 50.3 Å². The number of nitrogens with one attached hydrogen (secondary N) is 1. The monoisotopic (exact) mass is 273 g/mol. The largest absolute Gasteiger partial charge is 0.371 e. The Labute approximate surface area is 123 Å². The summed E-state index contributed by atoms with van der Waals surface area (Å²) >= 11 is 0. The quantitative estimate of drug-likeness (QED) is 0.912. The molecule has 1 aromatic carbocycles. The molecule has 1 N–H and O–H groups in total. The Bertz CT molecular complexity index is 409. The van der Waals surface area contributed by atoms with Crippen molar-refractivity contribution in [3.63, 3.8) is 0 Å². The van der Waals surface area contributed by atoms with E-state index >= 15 is 0 Å². The second-order valence-corrected chi connectivity index (χ2v) is 6.39. The van der Waals surface area contributed by atoms with Gasteiger partial charge in [0.2, 0.25) is 0 Å². The molecular weight excluding hydrogens is 246 g/mol. The van der Waals surface area contributed by atoms with E-state index in [2.05, 4.69) is 46.3 Å². The molecule has 0 amide bonds. The highest BCUT2D eigenvalue weighted by atomic mass is 15.2. The van der Waals surface area contributed by atoms with Crippen LogP contribution >= 0.6 is 0 Å². The van der Waals surface area contributed by atoms with Gasteiger partial charge in [0.25, 0.3) is 0 Å². The summed E-state index contributed by atoms with van der Waals surface area (Å²) in [6.45, 7) is 10.5. The van der Waals surface area contributed by atoms with Gasteiger partial charge in [-0.2, -0.15) is 0 Å². The maximum absolute atomic E-state index is 3.41. The van der Waals surface area contributed by atoms with Crippen LogP contribution in [0.4, 0.5) is 5.69 Å². The van der Waals surface area contributed by atoms with Crippen molar-refractivity contribution < 1.29 is 0 Å². The third-order valence-electron chi connectivity index (χ3n) is 4.57. The second kappa shape index (κ2) is 6.59. The summed E-state index contributed by atoms with van der Waals surface area (Å²) in [6, 6.07) is 9.26. The Kier molecular flexibility index (Phi) is 4.58. The van der Waals surface area contributed by atoms with Crippen molar-refractivity contribution in [2.75, 3.05) is 44.2 Å². The van der Waals surface area contributed by atoms with Crippen LogP contribution in [0.25, 0.3) is 0 Å². The van der Waals surface area contributed by atoms with E-state index in [1.54, 1.807) is 0 Å². The van der Waals surface area contributed by atoms with Gasteiger partial charge in [-0.05, 0) is 36.5 Å². The van der Waals surface area contributed by atoms with Crippen molar-refractivity contribution in [2.24, 2.45) is 5.92 Å². The molecule has 0 aliphatic carbocycles. The van der Waals surface area contributed by atoms with E-state index in [1.807, 2.05) is 0 Å². The van der Waals surface area contributed by atoms with E-state index in [4.69, 9.17) is 0 Å². The molecule has 2 heterocycles. The zero-order valence-corrected chi connectivity index (χ0v) is 12.6. The van der Waals surface area contributed by atoms with Gasteiger partial charge in [0.15, 0.2) is 0 Å². The van der Waals surface area contributed by atoms with Gasteiger partial charge in [0.05, 0.1) is 0 Å². The van der Waals surface area contributed by atoms with Gasteiger partial charge in [-0.3, -0.25) is 4.90 Å². The van der Waals surface area contributed by atoms with E-state index in [0.717, 1.165) is 25.6 Å². The minimum Gasteiger partial charge on any atom is -0.371 e. The van der Waals surface area contributed by atoms with Crippen molar-refractivity contribution in [1.82, 2.24) is 10.2 Å². The van der Waals surface area contributed by atoms with Crippen LogP contribution in [0.5, 0.6) is 0 Å². The van der Waals surface area contributed by atoms with Crippen molar-refractivity contribution in [3.8, 4) is 0 Å². The van der Waals surface area contributed by atoms with Crippen molar-refractivity contribution in [3.05, 3.63) is 29.8 Å². The smallest absolute Gasteiger partial charge is 0.0366 e. The van der Waals surface area contributed by atoms with E-state index in [9.17, 15) is 0 Å². The zero-order chi connectivity index (χ0) is 13.8. The third-order valence-corrected chi connectivity index (χ3v) is 4.57. The second-order valence-electron chi connectivity index (χ2n) is 6.39. The summed E-state index contributed by atoms with van der Waals surface area (Å²) in [5.74, 6) is 0.837. The number of piperazine rings is 1. The van der Waals surface area contributed by atoms with Gasteiger partial charge in [-0.25, -0.2) is 0 Å². The summed E-state index contributed by atoms with van der Waals surface area (Å²) in [7, 11) is 0. The topological polar surface area (TPSA) is 18.5 Å². The maximum atomic E-state index is 3.41. The summed E-state index contributed by atoms with van der Waals surface area (Å²) in [5.41, 5.74) is 2.85. The molecule has 110 valence electrons. The molecule has 1 unspecified atom stereocenters. The van der Waals surface area contributed by atoms with Gasteiger partial charge in [-0.15, -0.1) is 0 Å². The molecule has 0 spiro atoms. The van der Waals surface area contributed by atoms with Crippen molar-refractivity contribution in [1.29, 1.82) is 0 Å². The fourth-order valence-corrected chi connectivity index (χ4v) is 3.36. The van der Waals surface area contributed by atoms with Crippen LogP contribution < -0.4 is 10.2 Å². The first kappa shape index (κ1) is 13.9. The van der Waals surface area contributed by atoms with Crippen LogP contribution in [0.2, 0.25) is 0 Å². The molecule has 2 aliphatic heterocycles. The van der Waals surface area contributed by atoms with Crippen LogP contribution in [0, 0.1) is 5.92 Å². The lowest BCUT2D eigenvalue weighted by Gasteiger charge is -2.33. The van der Waals surface area contributed by atoms with Crippen LogP contribution in [0.1, 0.15) is 25.3 Å². The molecule has 3 nitrogen and oxygen atoms in total. The minimum atomic E-state index is 0.837. The molecule has 0 bridgehead atoms. The minimum absolute atomic E-state index is 0.837. The van der Waals surface area contributed by atoms with Gasteiger partial charge in [0, 0.05) is 51.5 Å². The summed E-state index contributed by atoms with van der Waals surface area (Å²) in [6.07, 6.45) is 2.72. The van der Waals surface area contributed by atoms with Gasteiger partial charge < -0.3 is 10.2 Å². The summed E-state index contributed by atoms with van der Waals surface area (Å²) in [5, 5.41) is 3.41. The molecule has 0 saturated carbocycles. The first-order valence-corrected chi connectivity index (χ1v) is 8.08. The summed E-state index contributed by atoms with van der Waals surface area (Å²) in [4.78, 5) is 5.08. The van der Waals surface area contributed by atoms with Gasteiger partial charge in [0.1, 0.15) is 0 Å². The Hall–Kier alpha value is -1.06. The first-order valence-electron chi connectivity index (χ1n) is 8.08. The Morgan fingerprint density at radius 3 is 2.55 bits per heavy atom. The number of benzene rings is 1. The number of nitrogens with zero attached hydrogens (tertiary/aromatic N) is 2. The zero-order valence-electron chi connectivity index (χ0n) is 12.6. The number of hydrogen-bond acceptors (Lipinski definition) is 3. The number of hydrogen-bond donors (Lipinski definition) is 1. The SMILES string of the molecule is CC1CCCN(c2ccc(CN3CCNCC3)cc2)C1. The van der Waals surface area contributed by atoms with Crippen LogP contribution in [0.15, 0.2) is 24.3 Å². The molecule has 2 saturated heterocycles. The molecular formula is C17H27N3. The lowest BCUT2D eigenvalue weighted by Crippen LogP contribution is -2.42. The highest BCUT2D eigenvalue weighted by Gasteiger charge is 2.16. The van der Waals surface area contributed by atoms with Crippen molar-refractivity contribution in [2.45, 2.75) is 26.3 Å². The fourth-order valence-electron chi connectivity index (χ4n) is 3.36. The lowest BCUT2D eigenvalue weighted by molar-refractivity contribution is 0.233. The molecule has 3 rings (SSSR count). The van der Waals surface area contributed by atoms with Crippen LogP contribution in [0.3, 0.4) is 0 Å². The summed E-state index contributed by atoms with van der Waals surface area (Å²) < 4.78 is 0. The third kappa shape index (κ3) is 3.53. The molecule has 1 aromatic rings. The van der Waals surface area contributed by atoms with E-state index in [-0.39, 0.29) is 0 Å². The van der Waals surface area contributed by atoms with E-state index in [0.29, 0.717) is 0 Å². The van der Waals surface area contributed by atoms with Crippen LogP contribution in [-0.2, 0) is 6.54 Å². The number of anilines is 1. The Morgan fingerprint density at radius 2 is 1.85 bits per heavy atom. The van der Waals surface area contributed by atoms with Gasteiger partial charge >= 0.3 is 0 Å². The normalized spacial score (nSPS) is 24.9. The lowest BCUT2D eigenvalue weighted by atomic mass is 9.99. The highest BCUT2D eigenvalue weighted by Crippen LogP contribution is 2.23. The molecule has 0 radical (unpaired) electrons. The van der Waals surface area contributed by atoms with Crippen molar-refractivity contribution >= 4 is 5.69 Å². The highest BCUT2D eigenvalue weighted by molar-refractivity contribution is 5.48. The molecule has 1 atom stereocenters. The average molecular weight is 273 g/mol. The number of piperidine rings is 1. The maximum Gasteiger partial charge on any atom is 0.0366 e. The number of rotatable bonds is 3. The van der Waals surface area contributed by atoms with Gasteiger partial charge in [-0.1, -0.05) is 19.1 Å². The average Bonchev–Trinajstić information content (AvgIpc) is 2.49. The Morgan fingerprint density at radius 1 is 1.10 bits per heavy atom. The molecule has 0 aromatic heterocycles. The predicted octanol–water partition coefficient (Wildman–Crippen LogP) is 2.33. The standard InChI is InChI=1S/C17H27N3/c1-15-3-2-10-20(13-15)17-6-4-16(5-7-17)14-19-11-8-18-9-12-19/h4-7,15,18H,2-3,8-14H2,1H3. The Balaban J connectivity index is 1.59. The predicted molar refractivity (Wildman–Crippen MR) is 85.2 cm³/mol. The fraction of sp³-hybridized carbons (Fsp3) is 0.647. The molecule has 2 aliphatic rings. The van der Waals surface area contributed by atoms with Crippen LogP contribution in [-0.4, -0.2) is 44.2 Å². The van der Waals surface area contributed by atoms with E-state index < -0.39 is 0 Å².